The Morgan fingerprint density at radius 3 is 3.08 bits per heavy atom. The maximum atomic E-state index is 12.8. The summed E-state index contributed by atoms with van der Waals surface area (Å²) in [5.41, 5.74) is 4.67. The molecule has 24 heavy (non-hydrogen) atoms. The number of aromatic nitrogens is 2. The van der Waals surface area contributed by atoms with E-state index in [-0.39, 0.29) is 5.91 Å². The van der Waals surface area contributed by atoms with E-state index in [0.717, 1.165) is 23.7 Å². The number of nitrogens with zero attached hydrogens (tertiary/aromatic N) is 3. The predicted molar refractivity (Wildman–Crippen MR) is 97.5 cm³/mol. The summed E-state index contributed by atoms with van der Waals surface area (Å²) in [6.07, 6.45) is 5.88. The standard InChI is InChI=1S/C18H21N3OS2/c22-17(11-23-18-20-19-12-24-18)21-10-4-9-16(21)15-8-3-6-13-5-1-2-7-14(13)15/h1-2,5,7,12,15-16H,3-4,6,8-11H2. The molecule has 2 atom stereocenters. The van der Waals surface area contributed by atoms with Crippen molar-refractivity contribution in [1.29, 1.82) is 0 Å². The van der Waals surface area contributed by atoms with Crippen molar-refractivity contribution in [2.24, 2.45) is 0 Å². The zero-order chi connectivity index (χ0) is 16.4. The average Bonchev–Trinajstić information content (AvgIpc) is 3.31. The van der Waals surface area contributed by atoms with Gasteiger partial charge in [-0.3, -0.25) is 4.79 Å². The third kappa shape index (κ3) is 3.22. The Morgan fingerprint density at radius 2 is 2.21 bits per heavy atom. The number of amides is 1. The molecular weight excluding hydrogens is 338 g/mol. The first-order valence-corrected chi connectivity index (χ1v) is 10.5. The normalized spacial score (nSPS) is 23.2. The molecule has 0 saturated carbocycles. The van der Waals surface area contributed by atoms with Crippen LogP contribution in [0.1, 0.15) is 42.7 Å². The minimum Gasteiger partial charge on any atom is -0.338 e. The van der Waals surface area contributed by atoms with E-state index in [0.29, 0.717) is 17.7 Å². The van der Waals surface area contributed by atoms with Crippen LogP contribution in [0.4, 0.5) is 0 Å². The Morgan fingerprint density at radius 1 is 1.29 bits per heavy atom. The minimum atomic E-state index is 0.251. The number of hydrogen-bond donors (Lipinski definition) is 0. The second-order valence-corrected chi connectivity index (χ2v) is 8.54. The summed E-state index contributed by atoms with van der Waals surface area (Å²) in [5.74, 6) is 1.23. The third-order valence-electron chi connectivity index (χ3n) is 5.16. The monoisotopic (exact) mass is 359 g/mol. The molecule has 0 spiro atoms. The summed E-state index contributed by atoms with van der Waals surface area (Å²) < 4.78 is 0.877. The molecule has 0 N–H and O–H groups in total. The second kappa shape index (κ2) is 7.23. The number of hydrogen-bond acceptors (Lipinski definition) is 5. The molecule has 4 nitrogen and oxygen atoms in total. The molecule has 6 heteroatoms. The van der Waals surface area contributed by atoms with Gasteiger partial charge in [-0.05, 0) is 43.2 Å². The second-order valence-electron chi connectivity index (χ2n) is 6.49. The molecule has 2 aromatic rings. The molecule has 2 aliphatic rings. The van der Waals surface area contributed by atoms with Crippen molar-refractivity contribution >= 4 is 29.0 Å². The number of rotatable bonds is 4. The highest BCUT2D eigenvalue weighted by Crippen LogP contribution is 2.40. The van der Waals surface area contributed by atoms with Gasteiger partial charge in [-0.15, -0.1) is 10.2 Å². The molecule has 0 bridgehead atoms. The van der Waals surface area contributed by atoms with E-state index in [1.165, 1.54) is 53.5 Å². The van der Waals surface area contributed by atoms with Gasteiger partial charge in [0, 0.05) is 18.5 Å². The van der Waals surface area contributed by atoms with Crippen LogP contribution in [0.5, 0.6) is 0 Å². The SMILES string of the molecule is O=C(CSc1nncs1)N1CCCC1C1CCCc2ccccc21. The van der Waals surface area contributed by atoms with Crippen molar-refractivity contribution in [2.75, 3.05) is 12.3 Å². The van der Waals surface area contributed by atoms with E-state index >= 15 is 0 Å². The number of thioether (sulfide) groups is 1. The largest absolute Gasteiger partial charge is 0.338 e. The van der Waals surface area contributed by atoms with Crippen LogP contribution in [0.25, 0.3) is 0 Å². The molecule has 1 fully saturated rings. The van der Waals surface area contributed by atoms with Crippen molar-refractivity contribution in [3.05, 3.63) is 40.9 Å². The van der Waals surface area contributed by atoms with Gasteiger partial charge < -0.3 is 4.90 Å². The Balaban J connectivity index is 1.48. The van der Waals surface area contributed by atoms with Crippen LogP contribution in [-0.2, 0) is 11.2 Å². The highest BCUT2D eigenvalue weighted by molar-refractivity contribution is 8.01. The lowest BCUT2D eigenvalue weighted by Gasteiger charge is -2.35. The number of carbonyl (C=O) groups is 1. The summed E-state index contributed by atoms with van der Waals surface area (Å²) in [7, 11) is 0. The van der Waals surface area contributed by atoms with E-state index in [1.54, 1.807) is 5.51 Å². The van der Waals surface area contributed by atoms with Gasteiger partial charge in [0.05, 0.1) is 5.75 Å². The Hall–Kier alpha value is -1.40. The van der Waals surface area contributed by atoms with Crippen LogP contribution >= 0.6 is 23.1 Å². The van der Waals surface area contributed by atoms with Gasteiger partial charge in [0.25, 0.3) is 0 Å². The molecule has 2 heterocycles. The summed E-state index contributed by atoms with van der Waals surface area (Å²) in [6.45, 7) is 0.902. The first kappa shape index (κ1) is 16.1. The van der Waals surface area contributed by atoms with Crippen molar-refractivity contribution in [1.82, 2.24) is 15.1 Å². The molecule has 1 aliphatic heterocycles. The molecule has 4 rings (SSSR count). The lowest BCUT2D eigenvalue weighted by molar-refractivity contribution is -0.129. The quantitative estimate of drug-likeness (QED) is 0.780. The molecule has 1 aromatic carbocycles. The fourth-order valence-electron chi connectivity index (χ4n) is 4.14. The Labute approximate surface area is 150 Å². The highest BCUT2D eigenvalue weighted by Gasteiger charge is 2.37. The zero-order valence-corrected chi connectivity index (χ0v) is 15.2. The predicted octanol–water partition coefficient (Wildman–Crippen LogP) is 3.74. The van der Waals surface area contributed by atoms with Crippen LogP contribution in [0.2, 0.25) is 0 Å². The van der Waals surface area contributed by atoms with Gasteiger partial charge in [-0.2, -0.15) is 0 Å². The van der Waals surface area contributed by atoms with Gasteiger partial charge in [0.2, 0.25) is 5.91 Å². The van der Waals surface area contributed by atoms with Gasteiger partial charge >= 0.3 is 0 Å². The fourth-order valence-corrected chi connectivity index (χ4v) is 5.52. The highest BCUT2D eigenvalue weighted by atomic mass is 32.2. The molecule has 126 valence electrons. The van der Waals surface area contributed by atoms with E-state index in [2.05, 4.69) is 39.4 Å². The van der Waals surface area contributed by atoms with Crippen molar-refractivity contribution < 1.29 is 4.79 Å². The van der Waals surface area contributed by atoms with E-state index < -0.39 is 0 Å². The molecule has 1 aromatic heterocycles. The van der Waals surface area contributed by atoms with Gasteiger partial charge in [0.1, 0.15) is 5.51 Å². The van der Waals surface area contributed by atoms with Crippen LogP contribution in [0.15, 0.2) is 34.1 Å². The zero-order valence-electron chi connectivity index (χ0n) is 13.6. The maximum absolute atomic E-state index is 12.8. The molecule has 2 unspecified atom stereocenters. The molecule has 0 radical (unpaired) electrons. The Bertz CT molecular complexity index is 704. The molecule has 1 aliphatic carbocycles. The summed E-state index contributed by atoms with van der Waals surface area (Å²) >= 11 is 3.01. The van der Waals surface area contributed by atoms with Gasteiger partial charge in [-0.1, -0.05) is 47.4 Å². The lowest BCUT2D eigenvalue weighted by atomic mass is 9.78. The van der Waals surface area contributed by atoms with Crippen molar-refractivity contribution in [2.45, 2.75) is 48.4 Å². The number of benzene rings is 1. The Kier molecular flexibility index (Phi) is 4.85. The van der Waals surface area contributed by atoms with E-state index in [1.807, 2.05) is 0 Å². The van der Waals surface area contributed by atoms with Crippen LogP contribution in [0.3, 0.4) is 0 Å². The fraction of sp³-hybridized carbons (Fsp3) is 0.500. The summed E-state index contributed by atoms with van der Waals surface area (Å²) in [5, 5.41) is 7.85. The molecule has 1 amide bonds. The number of aryl methyl sites for hydroxylation is 1. The van der Waals surface area contributed by atoms with Crippen molar-refractivity contribution in [3.63, 3.8) is 0 Å². The third-order valence-corrected chi connectivity index (χ3v) is 7.00. The number of carbonyl (C=O) groups excluding carboxylic acids is 1. The summed E-state index contributed by atoms with van der Waals surface area (Å²) in [6, 6.07) is 9.18. The maximum Gasteiger partial charge on any atom is 0.233 e. The van der Waals surface area contributed by atoms with Crippen LogP contribution in [0, 0.1) is 0 Å². The van der Waals surface area contributed by atoms with Gasteiger partial charge in [0.15, 0.2) is 4.34 Å². The molecule has 1 saturated heterocycles. The van der Waals surface area contributed by atoms with E-state index in [4.69, 9.17) is 0 Å². The first-order valence-electron chi connectivity index (χ1n) is 8.59. The topological polar surface area (TPSA) is 46.1 Å². The van der Waals surface area contributed by atoms with E-state index in [9.17, 15) is 4.79 Å². The number of likely N-dealkylation sites (tertiary alicyclic amines) is 1. The van der Waals surface area contributed by atoms with Crippen LogP contribution in [-0.4, -0.2) is 39.3 Å². The summed E-state index contributed by atoms with van der Waals surface area (Å²) in [4.78, 5) is 14.9. The molecular formula is C18H21N3OS2. The lowest BCUT2D eigenvalue weighted by Crippen LogP contribution is -2.41. The average molecular weight is 360 g/mol. The van der Waals surface area contributed by atoms with Crippen molar-refractivity contribution in [3.8, 4) is 0 Å². The van der Waals surface area contributed by atoms with Crippen LogP contribution < -0.4 is 0 Å². The minimum absolute atomic E-state index is 0.251. The number of fused-ring (bicyclic) bond motifs is 1. The van der Waals surface area contributed by atoms with Gasteiger partial charge in [-0.25, -0.2) is 0 Å². The smallest absolute Gasteiger partial charge is 0.233 e. The first-order chi connectivity index (χ1) is 11.8.